The van der Waals surface area contributed by atoms with Gasteiger partial charge in [-0.25, -0.2) is 14.6 Å². The molecule has 0 aliphatic rings. The number of aryl methyl sites for hydroxylation is 2. The third-order valence-corrected chi connectivity index (χ3v) is 4.12. The van der Waals surface area contributed by atoms with Crippen LogP contribution in [0.5, 0.6) is 0 Å². The number of hydrogen-bond donors (Lipinski definition) is 0. The first kappa shape index (κ1) is 15.2. The van der Waals surface area contributed by atoms with E-state index in [1.54, 1.807) is 16.8 Å². The molecule has 5 heteroatoms. The molecule has 0 saturated carbocycles. The maximum Gasteiger partial charge on any atom is 0.213 e. The highest BCUT2D eigenvalue weighted by Crippen LogP contribution is 2.26. The first-order valence-electron chi connectivity index (χ1n) is 8.01. The van der Waals surface area contributed by atoms with Crippen molar-refractivity contribution >= 4 is 16.9 Å². The predicted molar refractivity (Wildman–Crippen MR) is 96.4 cm³/mol. The monoisotopic (exact) mass is 328 g/mol. The average molecular weight is 328 g/mol. The number of nitrogens with zero attached hydrogens (tertiary/aromatic N) is 4. The summed E-state index contributed by atoms with van der Waals surface area (Å²) in [6, 6.07) is 18.8. The molecule has 2 heterocycles. The van der Waals surface area contributed by atoms with Gasteiger partial charge in [0.15, 0.2) is 5.65 Å². The molecule has 122 valence electrons. The maximum absolute atomic E-state index is 13.1. The molecule has 2 aromatic heterocycles. The third kappa shape index (κ3) is 2.59. The Kier molecular flexibility index (Phi) is 3.61. The lowest BCUT2D eigenvalue weighted by atomic mass is 10.0. The first-order chi connectivity index (χ1) is 12.1. The molecule has 5 nitrogen and oxygen atoms in total. The van der Waals surface area contributed by atoms with Crippen LogP contribution in [0.25, 0.3) is 22.4 Å². The molecule has 0 radical (unpaired) electrons. The normalized spacial score (nSPS) is 11.0. The second-order valence-corrected chi connectivity index (χ2v) is 5.86. The lowest BCUT2D eigenvalue weighted by molar-refractivity contribution is 0.103. The number of hydrogen-bond acceptors (Lipinski definition) is 4. The highest BCUT2D eigenvalue weighted by atomic mass is 16.1. The Morgan fingerprint density at radius 2 is 1.56 bits per heavy atom. The summed E-state index contributed by atoms with van der Waals surface area (Å²) >= 11 is 0. The lowest BCUT2D eigenvalue weighted by Gasteiger charge is -2.08. The van der Waals surface area contributed by atoms with Gasteiger partial charge in [-0.3, -0.25) is 4.79 Å². The van der Waals surface area contributed by atoms with Crippen LogP contribution in [-0.2, 0) is 7.05 Å². The van der Waals surface area contributed by atoms with Gasteiger partial charge in [-0.1, -0.05) is 60.7 Å². The molecule has 0 bridgehead atoms. The molecule has 2 aromatic carbocycles. The Labute approximate surface area is 145 Å². The van der Waals surface area contributed by atoms with Crippen molar-refractivity contribution in [2.24, 2.45) is 7.05 Å². The minimum absolute atomic E-state index is 0.142. The van der Waals surface area contributed by atoms with Gasteiger partial charge in [0.2, 0.25) is 5.78 Å². The molecule has 0 aliphatic heterocycles. The Bertz CT molecular complexity index is 1070. The minimum atomic E-state index is -0.142. The van der Waals surface area contributed by atoms with Gasteiger partial charge in [-0.15, -0.1) is 0 Å². The van der Waals surface area contributed by atoms with Crippen LogP contribution in [-0.4, -0.2) is 25.5 Å². The lowest BCUT2D eigenvalue weighted by Crippen LogP contribution is -2.09. The predicted octanol–water partition coefficient (Wildman–Crippen LogP) is 3.57. The summed E-state index contributed by atoms with van der Waals surface area (Å²) in [5.41, 5.74) is 4.45. The SMILES string of the molecule is Cc1nn(C)c2nc(-c3ccccc3)c(C(=O)c3ccccc3)nc12. The molecule has 0 aliphatic carbocycles. The first-order valence-corrected chi connectivity index (χ1v) is 8.01. The van der Waals surface area contributed by atoms with Crippen LogP contribution in [0.15, 0.2) is 60.7 Å². The van der Waals surface area contributed by atoms with Crippen molar-refractivity contribution < 1.29 is 4.79 Å². The maximum atomic E-state index is 13.1. The van der Waals surface area contributed by atoms with E-state index in [9.17, 15) is 4.79 Å². The fourth-order valence-corrected chi connectivity index (χ4v) is 2.90. The van der Waals surface area contributed by atoms with Gasteiger partial charge in [0, 0.05) is 18.2 Å². The highest BCUT2D eigenvalue weighted by Gasteiger charge is 2.21. The van der Waals surface area contributed by atoms with Gasteiger partial charge in [0.1, 0.15) is 16.9 Å². The van der Waals surface area contributed by atoms with Gasteiger partial charge in [-0.2, -0.15) is 5.10 Å². The van der Waals surface area contributed by atoms with Crippen LogP contribution in [0, 0.1) is 6.92 Å². The molecule has 0 fully saturated rings. The fraction of sp³-hybridized carbons (Fsp3) is 0.100. The smallest absolute Gasteiger partial charge is 0.213 e. The van der Waals surface area contributed by atoms with E-state index in [4.69, 9.17) is 4.98 Å². The zero-order chi connectivity index (χ0) is 17.4. The summed E-state index contributed by atoms with van der Waals surface area (Å²) in [6.07, 6.45) is 0. The minimum Gasteiger partial charge on any atom is -0.287 e. The number of benzene rings is 2. The van der Waals surface area contributed by atoms with Crippen LogP contribution < -0.4 is 0 Å². The van der Waals surface area contributed by atoms with Crippen molar-refractivity contribution in [3.63, 3.8) is 0 Å². The summed E-state index contributed by atoms with van der Waals surface area (Å²) in [4.78, 5) is 22.5. The number of ketones is 1. The molecular weight excluding hydrogens is 312 g/mol. The van der Waals surface area contributed by atoms with Crippen LogP contribution in [0.4, 0.5) is 0 Å². The van der Waals surface area contributed by atoms with Crippen molar-refractivity contribution in [3.05, 3.63) is 77.6 Å². The molecular formula is C20H16N4O. The summed E-state index contributed by atoms with van der Waals surface area (Å²) < 4.78 is 1.70. The summed E-state index contributed by atoms with van der Waals surface area (Å²) in [5, 5.41) is 4.38. The average Bonchev–Trinajstić information content (AvgIpc) is 2.95. The van der Waals surface area contributed by atoms with Gasteiger partial charge in [-0.05, 0) is 6.92 Å². The van der Waals surface area contributed by atoms with Crippen LogP contribution in [0.3, 0.4) is 0 Å². The van der Waals surface area contributed by atoms with Crippen molar-refractivity contribution in [3.8, 4) is 11.3 Å². The second-order valence-electron chi connectivity index (χ2n) is 5.86. The van der Waals surface area contributed by atoms with E-state index in [-0.39, 0.29) is 5.78 Å². The van der Waals surface area contributed by atoms with Crippen molar-refractivity contribution in [2.75, 3.05) is 0 Å². The molecule has 0 unspecified atom stereocenters. The Hall–Kier alpha value is -3.34. The van der Waals surface area contributed by atoms with Crippen molar-refractivity contribution in [1.82, 2.24) is 19.7 Å². The van der Waals surface area contributed by atoms with E-state index in [2.05, 4.69) is 10.1 Å². The quantitative estimate of drug-likeness (QED) is 0.539. The largest absolute Gasteiger partial charge is 0.287 e. The molecule has 25 heavy (non-hydrogen) atoms. The van der Waals surface area contributed by atoms with E-state index in [0.717, 1.165) is 11.3 Å². The van der Waals surface area contributed by atoms with Gasteiger partial charge >= 0.3 is 0 Å². The van der Waals surface area contributed by atoms with E-state index < -0.39 is 0 Å². The standard InChI is InChI=1S/C20H16N4O/c1-13-16-20(24(2)23-13)22-17(14-9-5-3-6-10-14)18(21-16)19(25)15-11-7-4-8-12-15/h3-12H,1-2H3. The van der Waals surface area contributed by atoms with Gasteiger partial charge in [0.25, 0.3) is 0 Å². The number of carbonyl (C=O) groups is 1. The third-order valence-electron chi connectivity index (χ3n) is 4.12. The van der Waals surface area contributed by atoms with Crippen LogP contribution >= 0.6 is 0 Å². The zero-order valence-corrected chi connectivity index (χ0v) is 14.0. The van der Waals surface area contributed by atoms with E-state index in [1.165, 1.54) is 0 Å². The van der Waals surface area contributed by atoms with Crippen molar-refractivity contribution in [1.29, 1.82) is 0 Å². The number of rotatable bonds is 3. The Balaban J connectivity index is 2.01. The molecule has 0 atom stereocenters. The van der Waals surface area contributed by atoms with E-state index in [1.807, 2.05) is 62.5 Å². The fourth-order valence-electron chi connectivity index (χ4n) is 2.90. The Morgan fingerprint density at radius 3 is 2.24 bits per heavy atom. The molecule has 0 saturated heterocycles. The summed E-state index contributed by atoms with van der Waals surface area (Å²) in [5.74, 6) is -0.142. The summed E-state index contributed by atoms with van der Waals surface area (Å²) in [7, 11) is 1.83. The van der Waals surface area contributed by atoms with E-state index >= 15 is 0 Å². The van der Waals surface area contributed by atoms with Crippen LogP contribution in [0.1, 0.15) is 21.7 Å². The Morgan fingerprint density at radius 1 is 0.920 bits per heavy atom. The number of carbonyl (C=O) groups excluding carboxylic acids is 1. The topological polar surface area (TPSA) is 60.7 Å². The second kappa shape index (κ2) is 5.94. The molecule has 0 amide bonds. The zero-order valence-electron chi connectivity index (χ0n) is 14.0. The van der Waals surface area contributed by atoms with Gasteiger partial charge in [0.05, 0.1) is 5.69 Å². The van der Waals surface area contributed by atoms with Crippen LogP contribution in [0.2, 0.25) is 0 Å². The number of aromatic nitrogens is 4. The van der Waals surface area contributed by atoms with Crippen molar-refractivity contribution in [2.45, 2.75) is 6.92 Å². The molecule has 4 aromatic rings. The summed E-state index contributed by atoms with van der Waals surface area (Å²) in [6.45, 7) is 1.87. The van der Waals surface area contributed by atoms with E-state index in [0.29, 0.717) is 28.1 Å². The molecule has 0 N–H and O–H groups in total. The van der Waals surface area contributed by atoms with Gasteiger partial charge < -0.3 is 0 Å². The molecule has 0 spiro atoms. The number of fused-ring (bicyclic) bond motifs is 1. The highest BCUT2D eigenvalue weighted by molar-refractivity contribution is 6.11. The molecule has 4 rings (SSSR count).